The van der Waals surface area contributed by atoms with E-state index in [-0.39, 0.29) is 0 Å². The van der Waals surface area contributed by atoms with Gasteiger partial charge in [-0.05, 0) is 49.7 Å². The van der Waals surface area contributed by atoms with Crippen LogP contribution in [0.2, 0.25) is 0 Å². The van der Waals surface area contributed by atoms with Gasteiger partial charge in [0, 0.05) is 37.9 Å². The molecule has 3 rings (SSSR count). The molecular weight excluding hydrogens is 294 g/mol. The van der Waals surface area contributed by atoms with Crippen molar-refractivity contribution in [1.82, 2.24) is 9.88 Å². The first-order valence-corrected chi connectivity index (χ1v) is 8.18. The number of aryl methyl sites for hydroxylation is 1. The lowest BCUT2D eigenvalue weighted by Gasteiger charge is -2.46. The van der Waals surface area contributed by atoms with E-state index in [0.717, 1.165) is 56.4 Å². The smallest absolute Gasteiger partial charge is 0.407 e. The van der Waals surface area contributed by atoms with Gasteiger partial charge in [-0.25, -0.2) is 9.78 Å². The van der Waals surface area contributed by atoms with E-state index < -0.39 is 6.09 Å². The van der Waals surface area contributed by atoms with Crippen LogP contribution in [0, 0.1) is 12.3 Å². The zero-order valence-corrected chi connectivity index (χ0v) is 13.5. The van der Waals surface area contributed by atoms with Crippen LogP contribution in [0.4, 0.5) is 10.6 Å². The summed E-state index contributed by atoms with van der Waals surface area (Å²) in [6.45, 7) is 5.19. The first-order valence-electron chi connectivity index (χ1n) is 8.18. The van der Waals surface area contributed by atoms with E-state index in [2.05, 4.69) is 9.88 Å². The van der Waals surface area contributed by atoms with Crippen molar-refractivity contribution < 1.29 is 14.7 Å². The number of carboxylic acid groups (broad SMARTS) is 1. The van der Waals surface area contributed by atoms with Gasteiger partial charge in [0.25, 0.3) is 0 Å². The topological polar surface area (TPSA) is 73.7 Å². The second-order valence-corrected chi connectivity index (χ2v) is 6.78. The lowest BCUT2D eigenvalue weighted by atomic mass is 9.71. The van der Waals surface area contributed by atoms with Gasteiger partial charge < -0.3 is 14.9 Å². The monoisotopic (exact) mass is 317 g/mol. The molecule has 3 heterocycles. The number of rotatable bonds is 2. The number of anilines is 1. The number of likely N-dealkylation sites (tertiary alicyclic amines) is 1. The highest BCUT2D eigenvalue weighted by Crippen LogP contribution is 2.42. The molecule has 2 saturated heterocycles. The van der Waals surface area contributed by atoms with Crippen molar-refractivity contribution in [3.63, 3.8) is 0 Å². The van der Waals surface area contributed by atoms with Crippen LogP contribution in [0.1, 0.15) is 41.6 Å². The van der Waals surface area contributed by atoms with Gasteiger partial charge >= 0.3 is 6.09 Å². The number of amides is 1. The van der Waals surface area contributed by atoms with Crippen molar-refractivity contribution in [2.24, 2.45) is 5.41 Å². The van der Waals surface area contributed by atoms with Crippen molar-refractivity contribution in [3.05, 3.63) is 23.4 Å². The molecule has 0 aliphatic carbocycles. The Hall–Kier alpha value is -2.11. The quantitative estimate of drug-likeness (QED) is 0.849. The van der Waals surface area contributed by atoms with Crippen molar-refractivity contribution in [1.29, 1.82) is 0 Å². The zero-order chi connectivity index (χ0) is 16.4. The Morgan fingerprint density at radius 2 is 1.83 bits per heavy atom. The van der Waals surface area contributed by atoms with Crippen molar-refractivity contribution in [2.75, 3.05) is 31.1 Å². The standard InChI is InChI=1S/C17H23N3O3/c1-13-10-14(12-21)11-18-15(13)19-6-2-17(3-7-19)4-8-20(9-5-17)16(22)23/h10-12H,2-9H2,1H3,(H,22,23). The first-order chi connectivity index (χ1) is 11.0. The Balaban J connectivity index is 1.63. The normalized spacial score (nSPS) is 20.6. The van der Waals surface area contributed by atoms with Gasteiger partial charge in [0.05, 0.1) is 0 Å². The molecule has 0 radical (unpaired) electrons. The molecule has 2 fully saturated rings. The lowest BCUT2D eigenvalue weighted by Crippen LogP contribution is -2.48. The number of aromatic nitrogens is 1. The number of pyridine rings is 1. The number of nitrogens with zero attached hydrogens (tertiary/aromatic N) is 3. The molecule has 124 valence electrons. The number of hydrogen-bond acceptors (Lipinski definition) is 4. The third kappa shape index (κ3) is 3.16. The molecule has 1 spiro atoms. The molecule has 2 aliphatic rings. The second-order valence-electron chi connectivity index (χ2n) is 6.78. The van der Waals surface area contributed by atoms with Crippen LogP contribution < -0.4 is 4.90 Å². The Morgan fingerprint density at radius 1 is 1.22 bits per heavy atom. The number of carbonyl (C=O) groups is 2. The van der Waals surface area contributed by atoms with E-state index in [4.69, 9.17) is 5.11 Å². The average molecular weight is 317 g/mol. The average Bonchev–Trinajstić information content (AvgIpc) is 2.56. The number of piperidine rings is 2. The molecule has 2 aliphatic heterocycles. The highest BCUT2D eigenvalue weighted by molar-refractivity contribution is 5.75. The van der Waals surface area contributed by atoms with Crippen LogP contribution in [-0.4, -0.2) is 53.5 Å². The largest absolute Gasteiger partial charge is 0.465 e. The Labute approximate surface area is 136 Å². The van der Waals surface area contributed by atoms with Crippen molar-refractivity contribution >= 4 is 18.2 Å². The molecule has 1 aromatic heterocycles. The fraction of sp³-hybridized carbons (Fsp3) is 0.588. The van der Waals surface area contributed by atoms with Crippen LogP contribution in [0.3, 0.4) is 0 Å². The van der Waals surface area contributed by atoms with E-state index in [1.165, 1.54) is 4.90 Å². The minimum Gasteiger partial charge on any atom is -0.465 e. The molecule has 6 heteroatoms. The summed E-state index contributed by atoms with van der Waals surface area (Å²) in [6, 6.07) is 1.88. The van der Waals surface area contributed by atoms with E-state index >= 15 is 0 Å². The van der Waals surface area contributed by atoms with E-state index in [1.54, 1.807) is 6.20 Å². The minimum absolute atomic E-state index is 0.291. The molecule has 6 nitrogen and oxygen atoms in total. The highest BCUT2D eigenvalue weighted by Gasteiger charge is 2.38. The number of aldehydes is 1. The maximum Gasteiger partial charge on any atom is 0.407 e. The number of carbonyl (C=O) groups excluding carboxylic acids is 1. The molecule has 23 heavy (non-hydrogen) atoms. The molecule has 0 bridgehead atoms. The second kappa shape index (κ2) is 6.18. The van der Waals surface area contributed by atoms with Gasteiger partial charge in [-0.2, -0.15) is 0 Å². The predicted octanol–water partition coefficient (Wildman–Crippen LogP) is 2.56. The van der Waals surface area contributed by atoms with Gasteiger partial charge in [-0.3, -0.25) is 4.79 Å². The molecule has 1 aromatic rings. The summed E-state index contributed by atoms with van der Waals surface area (Å²) in [5.41, 5.74) is 1.94. The summed E-state index contributed by atoms with van der Waals surface area (Å²) in [5.74, 6) is 0.966. The molecule has 0 atom stereocenters. The van der Waals surface area contributed by atoms with Gasteiger partial charge in [0.2, 0.25) is 0 Å². The zero-order valence-electron chi connectivity index (χ0n) is 13.5. The summed E-state index contributed by atoms with van der Waals surface area (Å²) in [4.78, 5) is 30.1. The maximum absolute atomic E-state index is 11.0. The molecule has 1 N–H and O–H groups in total. The van der Waals surface area contributed by atoms with E-state index in [1.807, 2.05) is 13.0 Å². The van der Waals surface area contributed by atoms with Crippen LogP contribution in [0.25, 0.3) is 0 Å². The minimum atomic E-state index is -0.799. The summed E-state index contributed by atoms with van der Waals surface area (Å²) in [5, 5.41) is 9.07. The third-order valence-electron chi connectivity index (χ3n) is 5.43. The van der Waals surface area contributed by atoms with E-state index in [9.17, 15) is 9.59 Å². The third-order valence-corrected chi connectivity index (χ3v) is 5.43. The van der Waals surface area contributed by atoms with Crippen molar-refractivity contribution in [2.45, 2.75) is 32.6 Å². The van der Waals surface area contributed by atoms with Crippen LogP contribution in [0.5, 0.6) is 0 Å². The molecule has 1 amide bonds. The van der Waals surface area contributed by atoms with Crippen molar-refractivity contribution in [3.8, 4) is 0 Å². The fourth-order valence-corrected chi connectivity index (χ4v) is 3.85. The van der Waals surface area contributed by atoms with Crippen LogP contribution in [-0.2, 0) is 0 Å². The van der Waals surface area contributed by atoms with Crippen LogP contribution >= 0.6 is 0 Å². The van der Waals surface area contributed by atoms with Gasteiger partial charge in [-0.1, -0.05) is 0 Å². The summed E-state index contributed by atoms with van der Waals surface area (Å²) in [6.07, 6.45) is 5.74. The SMILES string of the molecule is Cc1cc(C=O)cnc1N1CCC2(CCN(C(=O)O)CC2)CC1. The summed E-state index contributed by atoms with van der Waals surface area (Å²) >= 11 is 0. The Kier molecular flexibility index (Phi) is 4.24. The Bertz CT molecular complexity index is 599. The van der Waals surface area contributed by atoms with Gasteiger partial charge in [-0.15, -0.1) is 0 Å². The van der Waals surface area contributed by atoms with Crippen LogP contribution in [0.15, 0.2) is 12.3 Å². The molecule has 0 aromatic carbocycles. The lowest BCUT2D eigenvalue weighted by molar-refractivity contribution is 0.0735. The van der Waals surface area contributed by atoms with E-state index in [0.29, 0.717) is 24.1 Å². The summed E-state index contributed by atoms with van der Waals surface area (Å²) < 4.78 is 0. The molecule has 0 unspecified atom stereocenters. The number of hydrogen-bond donors (Lipinski definition) is 1. The first kappa shape index (κ1) is 15.8. The predicted molar refractivity (Wildman–Crippen MR) is 87.1 cm³/mol. The maximum atomic E-state index is 11.0. The highest BCUT2D eigenvalue weighted by atomic mass is 16.4. The summed E-state index contributed by atoms with van der Waals surface area (Å²) in [7, 11) is 0. The molecule has 0 saturated carbocycles. The van der Waals surface area contributed by atoms with Gasteiger partial charge in [0.15, 0.2) is 6.29 Å². The molecular formula is C17H23N3O3. The fourth-order valence-electron chi connectivity index (χ4n) is 3.85. The Morgan fingerprint density at radius 3 is 2.35 bits per heavy atom. The van der Waals surface area contributed by atoms with Gasteiger partial charge in [0.1, 0.15) is 5.82 Å².